The number of benzene rings is 1. The lowest BCUT2D eigenvalue weighted by Gasteiger charge is -2.02. The lowest BCUT2D eigenvalue weighted by atomic mass is 10.2. The van der Waals surface area contributed by atoms with Crippen LogP contribution in [0.15, 0.2) is 24.3 Å². The van der Waals surface area contributed by atoms with Crippen LogP contribution in [0.3, 0.4) is 0 Å². The molecule has 2 rings (SSSR count). The van der Waals surface area contributed by atoms with Crippen molar-refractivity contribution in [1.29, 1.82) is 0 Å². The van der Waals surface area contributed by atoms with E-state index in [1.54, 1.807) is 0 Å². The molecule has 0 radical (unpaired) electrons. The quantitative estimate of drug-likeness (QED) is 0.661. The number of carbonyl (C=O) groups excluding carboxylic acids is 1. The Hall–Kier alpha value is -1.57. The molecule has 0 unspecified atom stereocenters. The molecule has 0 spiro atoms. The van der Waals surface area contributed by atoms with Crippen LogP contribution in [0.1, 0.15) is 11.3 Å². The number of aryl methyl sites for hydroxylation is 2. The number of carbonyl (C=O) groups is 1. The minimum Gasteiger partial charge on any atom is -0.347 e. The molecule has 2 heteroatoms. The van der Waals surface area contributed by atoms with Crippen LogP contribution in [0.5, 0.6) is 0 Å². The van der Waals surface area contributed by atoms with Crippen LogP contribution in [0.4, 0.5) is 0 Å². The summed E-state index contributed by atoms with van der Waals surface area (Å²) in [6, 6.07) is 8.29. The molecule has 0 bridgehead atoms. The Morgan fingerprint density at radius 3 is 2.86 bits per heavy atom. The van der Waals surface area contributed by atoms with Crippen LogP contribution in [0.2, 0.25) is 0 Å². The lowest BCUT2D eigenvalue weighted by molar-refractivity contribution is -0.107. The van der Waals surface area contributed by atoms with Gasteiger partial charge in [0.25, 0.3) is 0 Å². The molecule has 14 heavy (non-hydrogen) atoms. The Morgan fingerprint density at radius 2 is 2.21 bits per heavy atom. The number of aldehydes is 1. The van der Waals surface area contributed by atoms with E-state index >= 15 is 0 Å². The molecule has 0 atom stereocenters. The first kappa shape index (κ1) is 9.00. The Kier molecular flexibility index (Phi) is 2.12. The van der Waals surface area contributed by atoms with Crippen molar-refractivity contribution in [1.82, 2.24) is 4.57 Å². The summed E-state index contributed by atoms with van der Waals surface area (Å²) in [6.45, 7) is 2.09. The SMILES string of the molecule is Cc1cccc2cc(CC=O)n(C)c12. The largest absolute Gasteiger partial charge is 0.347 e. The van der Waals surface area contributed by atoms with Crippen LogP contribution in [-0.2, 0) is 18.3 Å². The fraction of sp³-hybridized carbons (Fsp3) is 0.250. The van der Waals surface area contributed by atoms with Gasteiger partial charge >= 0.3 is 0 Å². The summed E-state index contributed by atoms with van der Waals surface area (Å²) in [6.07, 6.45) is 1.44. The number of rotatable bonds is 2. The molecule has 2 aromatic rings. The predicted octanol–water partition coefficient (Wildman–Crippen LogP) is 2.23. The van der Waals surface area contributed by atoms with Crippen molar-refractivity contribution in [2.75, 3.05) is 0 Å². The molecule has 0 aliphatic heterocycles. The zero-order valence-corrected chi connectivity index (χ0v) is 8.45. The van der Waals surface area contributed by atoms with Gasteiger partial charge < -0.3 is 9.36 Å². The fourth-order valence-electron chi connectivity index (χ4n) is 1.96. The summed E-state index contributed by atoms with van der Waals surface area (Å²) in [7, 11) is 2.01. The fourth-order valence-corrected chi connectivity index (χ4v) is 1.96. The van der Waals surface area contributed by atoms with Gasteiger partial charge in [-0.15, -0.1) is 0 Å². The number of hydrogen-bond donors (Lipinski definition) is 0. The highest BCUT2D eigenvalue weighted by Gasteiger charge is 2.06. The standard InChI is InChI=1S/C12H13NO/c1-9-4-3-5-10-8-11(6-7-14)13(2)12(9)10/h3-5,7-8H,6H2,1-2H3. The molecule has 0 aliphatic rings. The second-order valence-electron chi connectivity index (χ2n) is 3.58. The Bertz CT molecular complexity index is 482. The van der Waals surface area contributed by atoms with Gasteiger partial charge in [-0.05, 0) is 18.6 Å². The zero-order chi connectivity index (χ0) is 10.1. The van der Waals surface area contributed by atoms with Crippen molar-refractivity contribution in [3.8, 4) is 0 Å². The van der Waals surface area contributed by atoms with E-state index in [2.05, 4.69) is 29.7 Å². The Morgan fingerprint density at radius 1 is 1.43 bits per heavy atom. The number of aromatic nitrogens is 1. The maximum Gasteiger partial charge on any atom is 0.125 e. The molecule has 0 fully saturated rings. The Labute approximate surface area is 83.2 Å². The Balaban J connectivity index is 2.73. The van der Waals surface area contributed by atoms with Crippen molar-refractivity contribution < 1.29 is 4.79 Å². The van der Waals surface area contributed by atoms with E-state index in [9.17, 15) is 4.79 Å². The summed E-state index contributed by atoms with van der Waals surface area (Å²) in [4.78, 5) is 10.5. The summed E-state index contributed by atoms with van der Waals surface area (Å²) < 4.78 is 2.10. The summed E-state index contributed by atoms with van der Waals surface area (Å²) in [5.41, 5.74) is 3.55. The lowest BCUT2D eigenvalue weighted by Crippen LogP contribution is -1.97. The third-order valence-electron chi connectivity index (χ3n) is 2.65. The van der Waals surface area contributed by atoms with Crippen molar-refractivity contribution in [3.63, 3.8) is 0 Å². The van der Waals surface area contributed by atoms with Gasteiger partial charge in [-0.25, -0.2) is 0 Å². The molecular weight excluding hydrogens is 174 g/mol. The molecule has 0 N–H and O–H groups in total. The third kappa shape index (κ3) is 1.23. The molecule has 0 aliphatic carbocycles. The molecular formula is C12H13NO. The second kappa shape index (κ2) is 3.29. The topological polar surface area (TPSA) is 22.0 Å². The number of fused-ring (bicyclic) bond motifs is 1. The third-order valence-corrected chi connectivity index (χ3v) is 2.65. The van der Waals surface area contributed by atoms with E-state index in [-0.39, 0.29) is 0 Å². The van der Waals surface area contributed by atoms with Gasteiger partial charge in [0.05, 0.1) is 5.52 Å². The number of hydrogen-bond acceptors (Lipinski definition) is 1. The first-order valence-electron chi connectivity index (χ1n) is 4.71. The molecule has 72 valence electrons. The van der Waals surface area contributed by atoms with E-state index in [0.29, 0.717) is 6.42 Å². The van der Waals surface area contributed by atoms with Crippen LogP contribution in [0.25, 0.3) is 10.9 Å². The highest BCUT2D eigenvalue weighted by atomic mass is 16.1. The molecule has 1 heterocycles. The van der Waals surface area contributed by atoms with Crippen molar-refractivity contribution in [2.45, 2.75) is 13.3 Å². The van der Waals surface area contributed by atoms with E-state index < -0.39 is 0 Å². The molecule has 0 saturated heterocycles. The van der Waals surface area contributed by atoms with E-state index in [1.807, 2.05) is 13.1 Å². The number of para-hydroxylation sites is 1. The number of nitrogens with zero attached hydrogens (tertiary/aromatic N) is 1. The minimum atomic E-state index is 0.491. The minimum absolute atomic E-state index is 0.491. The highest BCUT2D eigenvalue weighted by Crippen LogP contribution is 2.21. The first-order valence-corrected chi connectivity index (χ1v) is 4.71. The monoisotopic (exact) mass is 187 g/mol. The van der Waals surface area contributed by atoms with Crippen LogP contribution in [0, 0.1) is 6.92 Å². The molecule has 0 saturated carbocycles. The second-order valence-corrected chi connectivity index (χ2v) is 3.58. The van der Waals surface area contributed by atoms with E-state index in [0.717, 1.165) is 12.0 Å². The van der Waals surface area contributed by atoms with Crippen LogP contribution in [-0.4, -0.2) is 10.9 Å². The summed E-state index contributed by atoms with van der Waals surface area (Å²) in [5.74, 6) is 0. The molecule has 1 aromatic heterocycles. The summed E-state index contributed by atoms with van der Waals surface area (Å²) >= 11 is 0. The summed E-state index contributed by atoms with van der Waals surface area (Å²) in [5, 5.41) is 1.21. The van der Waals surface area contributed by atoms with Crippen LogP contribution < -0.4 is 0 Å². The van der Waals surface area contributed by atoms with Gasteiger partial charge in [0.1, 0.15) is 6.29 Å². The first-order chi connectivity index (χ1) is 6.74. The van der Waals surface area contributed by atoms with Gasteiger partial charge in [0.15, 0.2) is 0 Å². The normalized spacial score (nSPS) is 10.7. The van der Waals surface area contributed by atoms with Gasteiger partial charge in [-0.1, -0.05) is 18.2 Å². The van der Waals surface area contributed by atoms with Gasteiger partial charge in [0, 0.05) is 24.5 Å². The molecule has 0 amide bonds. The van der Waals surface area contributed by atoms with Crippen molar-refractivity contribution >= 4 is 17.2 Å². The van der Waals surface area contributed by atoms with Crippen molar-refractivity contribution in [3.05, 3.63) is 35.5 Å². The predicted molar refractivity (Wildman–Crippen MR) is 57.4 cm³/mol. The maximum absolute atomic E-state index is 10.5. The van der Waals surface area contributed by atoms with Gasteiger partial charge in [-0.2, -0.15) is 0 Å². The molecule has 1 aromatic carbocycles. The van der Waals surface area contributed by atoms with Gasteiger partial charge in [-0.3, -0.25) is 0 Å². The smallest absolute Gasteiger partial charge is 0.125 e. The van der Waals surface area contributed by atoms with Crippen molar-refractivity contribution in [2.24, 2.45) is 7.05 Å². The maximum atomic E-state index is 10.5. The van der Waals surface area contributed by atoms with Gasteiger partial charge in [0.2, 0.25) is 0 Å². The van der Waals surface area contributed by atoms with Crippen LogP contribution >= 0.6 is 0 Å². The van der Waals surface area contributed by atoms with E-state index in [4.69, 9.17) is 0 Å². The average molecular weight is 187 g/mol. The van der Waals surface area contributed by atoms with E-state index in [1.165, 1.54) is 16.5 Å². The zero-order valence-electron chi connectivity index (χ0n) is 8.45. The average Bonchev–Trinajstić information content (AvgIpc) is 2.46. The highest BCUT2D eigenvalue weighted by molar-refractivity contribution is 5.84. The molecule has 2 nitrogen and oxygen atoms in total.